The number of rotatable bonds is 6. The SMILES string of the molecule is Cc1nnc(NC(=O)CSC2NC(=O)CC(CC(N)=O)N2)s1. The summed E-state index contributed by atoms with van der Waals surface area (Å²) in [6.07, 6.45) is 0.275. The lowest BCUT2D eigenvalue weighted by Gasteiger charge is -2.30. The molecule has 0 aromatic carbocycles. The van der Waals surface area contributed by atoms with Crippen LogP contribution in [0.25, 0.3) is 0 Å². The zero-order valence-corrected chi connectivity index (χ0v) is 13.4. The topological polar surface area (TPSA) is 139 Å². The molecule has 0 spiro atoms. The third kappa shape index (κ3) is 5.24. The second-order valence-electron chi connectivity index (χ2n) is 4.67. The highest BCUT2D eigenvalue weighted by molar-refractivity contribution is 8.00. The summed E-state index contributed by atoms with van der Waals surface area (Å²) < 4.78 is 0. The Labute approximate surface area is 134 Å². The van der Waals surface area contributed by atoms with E-state index in [4.69, 9.17) is 5.73 Å². The molecule has 9 nitrogen and oxygen atoms in total. The van der Waals surface area contributed by atoms with Gasteiger partial charge in [0.15, 0.2) is 0 Å². The zero-order chi connectivity index (χ0) is 16.1. The maximum absolute atomic E-state index is 11.8. The van der Waals surface area contributed by atoms with Crippen LogP contribution in [0.5, 0.6) is 0 Å². The van der Waals surface area contributed by atoms with E-state index < -0.39 is 11.4 Å². The van der Waals surface area contributed by atoms with Gasteiger partial charge in [0.1, 0.15) is 10.5 Å². The quantitative estimate of drug-likeness (QED) is 0.527. The lowest BCUT2D eigenvalue weighted by atomic mass is 10.1. The number of amides is 3. The number of anilines is 1. The van der Waals surface area contributed by atoms with Gasteiger partial charge in [0.05, 0.1) is 5.75 Å². The highest BCUT2D eigenvalue weighted by Gasteiger charge is 2.27. The fourth-order valence-corrected chi connectivity index (χ4v) is 3.37. The van der Waals surface area contributed by atoms with Crippen LogP contribution in [0.4, 0.5) is 5.13 Å². The number of nitrogens with zero attached hydrogens (tertiary/aromatic N) is 2. The number of hydrogen-bond acceptors (Lipinski definition) is 8. The molecule has 1 fully saturated rings. The van der Waals surface area contributed by atoms with Gasteiger partial charge in [0.2, 0.25) is 22.9 Å². The molecule has 22 heavy (non-hydrogen) atoms. The lowest BCUT2D eigenvalue weighted by molar-refractivity contribution is -0.124. The van der Waals surface area contributed by atoms with E-state index in [-0.39, 0.29) is 36.5 Å². The average Bonchev–Trinajstić information content (AvgIpc) is 2.80. The molecule has 1 aliphatic heterocycles. The molecule has 0 radical (unpaired) electrons. The summed E-state index contributed by atoms with van der Waals surface area (Å²) in [5, 5.41) is 17.2. The van der Waals surface area contributed by atoms with Crippen molar-refractivity contribution in [3.8, 4) is 0 Å². The predicted octanol–water partition coefficient (Wildman–Crippen LogP) is -0.845. The van der Waals surface area contributed by atoms with Crippen LogP contribution in [0.3, 0.4) is 0 Å². The fraction of sp³-hybridized carbons (Fsp3) is 0.545. The van der Waals surface area contributed by atoms with Gasteiger partial charge >= 0.3 is 0 Å². The molecule has 1 saturated heterocycles. The molecule has 2 unspecified atom stereocenters. The molecule has 1 aromatic rings. The maximum atomic E-state index is 11.8. The normalized spacial score (nSPS) is 21.2. The summed E-state index contributed by atoms with van der Waals surface area (Å²) in [6.45, 7) is 1.79. The summed E-state index contributed by atoms with van der Waals surface area (Å²) in [6, 6.07) is -0.308. The van der Waals surface area contributed by atoms with E-state index in [0.29, 0.717) is 5.13 Å². The second kappa shape index (κ2) is 7.51. The minimum atomic E-state index is -0.472. The first-order valence-corrected chi connectivity index (χ1v) is 8.34. The van der Waals surface area contributed by atoms with Crippen LogP contribution in [0.2, 0.25) is 0 Å². The van der Waals surface area contributed by atoms with Crippen molar-refractivity contribution >= 4 is 46.0 Å². The molecule has 0 aliphatic carbocycles. The lowest BCUT2D eigenvalue weighted by Crippen LogP contribution is -2.55. The van der Waals surface area contributed by atoms with Gasteiger partial charge in [-0.25, -0.2) is 0 Å². The van der Waals surface area contributed by atoms with Crippen LogP contribution in [-0.4, -0.2) is 45.2 Å². The van der Waals surface area contributed by atoms with Gasteiger partial charge in [0.25, 0.3) is 0 Å². The van der Waals surface area contributed by atoms with Crippen LogP contribution in [0.1, 0.15) is 17.8 Å². The van der Waals surface area contributed by atoms with Gasteiger partial charge < -0.3 is 11.1 Å². The Morgan fingerprint density at radius 3 is 2.91 bits per heavy atom. The first kappa shape index (κ1) is 16.6. The Balaban J connectivity index is 1.78. The highest BCUT2D eigenvalue weighted by atomic mass is 32.2. The fourth-order valence-electron chi connectivity index (χ4n) is 1.87. The van der Waals surface area contributed by atoms with E-state index in [9.17, 15) is 14.4 Å². The molecule has 11 heteroatoms. The van der Waals surface area contributed by atoms with Gasteiger partial charge in [-0.3, -0.25) is 25.0 Å². The number of hydrogen-bond donors (Lipinski definition) is 4. The number of thioether (sulfide) groups is 1. The Hall–Kier alpha value is -1.72. The Kier molecular flexibility index (Phi) is 5.69. The minimum Gasteiger partial charge on any atom is -0.370 e. The summed E-state index contributed by atoms with van der Waals surface area (Å²) >= 11 is 2.50. The van der Waals surface area contributed by atoms with Crippen LogP contribution in [0, 0.1) is 6.92 Å². The second-order valence-corrected chi connectivity index (χ2v) is 6.95. The smallest absolute Gasteiger partial charge is 0.236 e. The van der Waals surface area contributed by atoms with Gasteiger partial charge in [-0.05, 0) is 6.92 Å². The van der Waals surface area contributed by atoms with E-state index in [1.54, 1.807) is 6.92 Å². The van der Waals surface area contributed by atoms with Gasteiger partial charge in [0, 0.05) is 18.9 Å². The summed E-state index contributed by atoms with van der Waals surface area (Å²) in [7, 11) is 0. The van der Waals surface area contributed by atoms with E-state index in [2.05, 4.69) is 26.1 Å². The van der Waals surface area contributed by atoms with Crippen LogP contribution in [0.15, 0.2) is 0 Å². The maximum Gasteiger partial charge on any atom is 0.236 e. The molecule has 2 atom stereocenters. The van der Waals surface area contributed by atoms with Crippen molar-refractivity contribution in [2.45, 2.75) is 31.3 Å². The largest absolute Gasteiger partial charge is 0.370 e. The number of nitrogens with one attached hydrogen (secondary N) is 3. The minimum absolute atomic E-state index is 0.0841. The molecular weight excluding hydrogens is 328 g/mol. The molecule has 5 N–H and O–H groups in total. The summed E-state index contributed by atoms with van der Waals surface area (Å²) in [5.41, 5.74) is 4.69. The number of carbonyl (C=O) groups is 3. The third-order valence-corrected chi connectivity index (χ3v) is 4.48. The Bertz CT molecular complexity index is 576. The molecule has 3 amide bonds. The van der Waals surface area contributed by atoms with Crippen molar-refractivity contribution < 1.29 is 14.4 Å². The third-order valence-electron chi connectivity index (χ3n) is 2.71. The predicted molar refractivity (Wildman–Crippen MR) is 83.0 cm³/mol. The van der Waals surface area contributed by atoms with Crippen molar-refractivity contribution in [3.63, 3.8) is 0 Å². The van der Waals surface area contributed by atoms with Gasteiger partial charge in [-0.15, -0.1) is 22.0 Å². The molecule has 120 valence electrons. The molecule has 0 bridgehead atoms. The monoisotopic (exact) mass is 344 g/mol. The molecule has 1 aromatic heterocycles. The zero-order valence-electron chi connectivity index (χ0n) is 11.8. The number of carbonyl (C=O) groups excluding carboxylic acids is 3. The van der Waals surface area contributed by atoms with Crippen molar-refractivity contribution in [3.05, 3.63) is 5.01 Å². The van der Waals surface area contributed by atoms with Crippen molar-refractivity contribution in [2.75, 3.05) is 11.1 Å². The highest BCUT2D eigenvalue weighted by Crippen LogP contribution is 2.16. The molecule has 2 heterocycles. The van der Waals surface area contributed by atoms with Crippen molar-refractivity contribution in [1.82, 2.24) is 20.8 Å². The molecule has 0 saturated carbocycles. The average molecular weight is 344 g/mol. The number of aromatic nitrogens is 2. The first-order chi connectivity index (χ1) is 10.4. The number of aryl methyl sites for hydroxylation is 1. The Morgan fingerprint density at radius 1 is 1.50 bits per heavy atom. The first-order valence-electron chi connectivity index (χ1n) is 6.47. The Morgan fingerprint density at radius 2 is 2.27 bits per heavy atom. The molecular formula is C11H16N6O3S2. The summed E-state index contributed by atoms with van der Waals surface area (Å²) in [4.78, 5) is 34.3. The van der Waals surface area contributed by atoms with Crippen LogP contribution >= 0.6 is 23.1 Å². The number of primary amides is 1. The molecule has 2 rings (SSSR count). The van der Waals surface area contributed by atoms with Crippen LogP contribution < -0.4 is 21.7 Å². The van der Waals surface area contributed by atoms with Gasteiger partial charge in [-0.2, -0.15) is 0 Å². The summed E-state index contributed by atoms with van der Waals surface area (Å²) in [5.74, 6) is -0.767. The van der Waals surface area contributed by atoms with E-state index in [0.717, 1.165) is 5.01 Å². The van der Waals surface area contributed by atoms with Crippen LogP contribution in [-0.2, 0) is 14.4 Å². The number of nitrogens with two attached hydrogens (primary N) is 1. The van der Waals surface area contributed by atoms with E-state index in [1.807, 2.05) is 0 Å². The van der Waals surface area contributed by atoms with Crippen molar-refractivity contribution in [2.24, 2.45) is 5.73 Å². The van der Waals surface area contributed by atoms with Crippen molar-refractivity contribution in [1.29, 1.82) is 0 Å². The standard InChI is InChI=1S/C11H16N6O3S2/c1-5-16-17-11(22-5)15-9(20)4-21-10-13-6(2-7(12)18)3-8(19)14-10/h6,10,13H,2-4H2,1H3,(H2,12,18)(H,14,19)(H,15,17,20). The van der Waals surface area contributed by atoms with E-state index >= 15 is 0 Å². The van der Waals surface area contributed by atoms with E-state index in [1.165, 1.54) is 23.1 Å². The van der Waals surface area contributed by atoms with Gasteiger partial charge in [-0.1, -0.05) is 11.3 Å². The molecule has 1 aliphatic rings.